The van der Waals surface area contributed by atoms with E-state index in [1.807, 2.05) is 16.7 Å². The summed E-state index contributed by atoms with van der Waals surface area (Å²) in [7, 11) is 0. The summed E-state index contributed by atoms with van der Waals surface area (Å²) in [6.45, 7) is 0.123. The molecule has 2 aromatic carbocycles. The van der Waals surface area contributed by atoms with Gasteiger partial charge >= 0.3 is 11.9 Å². The smallest absolute Gasteiger partial charge is 0.338 e. The van der Waals surface area contributed by atoms with Gasteiger partial charge in [-0.3, -0.25) is 0 Å². The number of anilines is 1. The van der Waals surface area contributed by atoms with E-state index in [0.29, 0.717) is 38.8 Å². The third kappa shape index (κ3) is 4.97. The van der Waals surface area contributed by atoms with Crippen molar-refractivity contribution in [3.05, 3.63) is 81.8 Å². The van der Waals surface area contributed by atoms with Gasteiger partial charge in [-0.1, -0.05) is 36.4 Å². The molecule has 9 nitrogen and oxygen atoms in total. The summed E-state index contributed by atoms with van der Waals surface area (Å²) in [5.74, 6) is -0.851. The van der Waals surface area contributed by atoms with Crippen LogP contribution in [-0.4, -0.2) is 44.2 Å². The van der Waals surface area contributed by atoms with Crippen LogP contribution in [0.25, 0.3) is 11.2 Å². The number of carbonyl (C=O) groups excluding carboxylic acids is 2. The number of benzene rings is 2. The molecule has 1 aliphatic rings. The second-order valence-electron chi connectivity index (χ2n) is 8.36. The maximum absolute atomic E-state index is 12.8. The third-order valence-electron chi connectivity index (χ3n) is 6.10. The van der Waals surface area contributed by atoms with Crippen molar-refractivity contribution in [3.8, 4) is 0 Å². The Hall–Kier alpha value is -3.54. The van der Waals surface area contributed by atoms with Crippen molar-refractivity contribution in [3.63, 3.8) is 0 Å². The second-order valence-corrected chi connectivity index (χ2v) is 9.38. The number of nitrogens with zero attached hydrogens (tertiary/aromatic N) is 4. The van der Waals surface area contributed by atoms with Crippen LogP contribution < -0.4 is 5.73 Å². The second kappa shape index (κ2) is 9.98. The average molecular weight is 583 g/mol. The Labute approximate surface area is 214 Å². The van der Waals surface area contributed by atoms with E-state index in [1.165, 1.54) is 0 Å². The van der Waals surface area contributed by atoms with E-state index in [9.17, 15) is 9.59 Å². The summed E-state index contributed by atoms with van der Waals surface area (Å²) in [5.41, 5.74) is 8.11. The number of ether oxygens (including phenoxy) is 2. The number of carbonyl (C=O) groups is 2. The largest absolute Gasteiger partial charge is 0.462 e. The minimum atomic E-state index is -0.452. The topological polar surface area (TPSA) is 122 Å². The Morgan fingerprint density at radius 1 is 0.971 bits per heavy atom. The van der Waals surface area contributed by atoms with Gasteiger partial charge in [-0.05, 0) is 53.3 Å². The van der Waals surface area contributed by atoms with Crippen LogP contribution in [0.1, 0.15) is 39.6 Å². The van der Waals surface area contributed by atoms with Gasteiger partial charge in [0.2, 0.25) is 5.95 Å². The standard InChI is InChI=1S/C25H22IN5O4/c26-21-20-22(30-25(27)29-21)31(14-28-20)18-11-17(13-34-23(32)15-7-3-1-4-8-15)19(12-18)35-24(33)16-9-5-2-6-10-16/h1-10,14,17-19H,11-13H2,(H2,27,29,30). The predicted octanol–water partition coefficient (Wildman–Crippen LogP) is 4.05. The lowest BCUT2D eigenvalue weighted by Gasteiger charge is -2.19. The van der Waals surface area contributed by atoms with Gasteiger partial charge in [0.25, 0.3) is 0 Å². The molecule has 4 aromatic rings. The van der Waals surface area contributed by atoms with Gasteiger partial charge in [0, 0.05) is 18.4 Å². The van der Waals surface area contributed by atoms with Crippen LogP contribution in [0.15, 0.2) is 67.0 Å². The minimum Gasteiger partial charge on any atom is -0.462 e. The zero-order valence-electron chi connectivity index (χ0n) is 18.6. The number of imidazole rings is 1. The van der Waals surface area contributed by atoms with Gasteiger partial charge in [-0.15, -0.1) is 0 Å². The van der Waals surface area contributed by atoms with E-state index < -0.39 is 18.0 Å². The number of halogens is 1. The molecule has 178 valence electrons. The van der Waals surface area contributed by atoms with Crippen molar-refractivity contribution < 1.29 is 19.1 Å². The Morgan fingerprint density at radius 3 is 2.31 bits per heavy atom. The van der Waals surface area contributed by atoms with Crippen LogP contribution in [0.4, 0.5) is 5.95 Å². The highest BCUT2D eigenvalue weighted by molar-refractivity contribution is 14.1. The quantitative estimate of drug-likeness (QED) is 0.205. The zero-order valence-corrected chi connectivity index (χ0v) is 20.7. The molecule has 5 rings (SSSR count). The van der Waals surface area contributed by atoms with Gasteiger partial charge in [-0.2, -0.15) is 4.98 Å². The van der Waals surface area contributed by atoms with Crippen LogP contribution in [0, 0.1) is 9.62 Å². The zero-order chi connectivity index (χ0) is 24.4. The molecule has 0 bridgehead atoms. The molecular formula is C25H22IN5O4. The first-order chi connectivity index (χ1) is 17.0. The Balaban J connectivity index is 1.38. The lowest BCUT2D eigenvalue weighted by atomic mass is 10.1. The molecule has 35 heavy (non-hydrogen) atoms. The van der Waals surface area contributed by atoms with E-state index in [4.69, 9.17) is 15.2 Å². The number of aromatic nitrogens is 4. The third-order valence-corrected chi connectivity index (χ3v) is 6.85. The Kier molecular flexibility index (Phi) is 6.62. The predicted molar refractivity (Wildman–Crippen MR) is 137 cm³/mol. The molecule has 10 heteroatoms. The fourth-order valence-electron chi connectivity index (χ4n) is 4.39. The molecule has 2 heterocycles. The number of fused-ring (bicyclic) bond motifs is 1. The highest BCUT2D eigenvalue weighted by Crippen LogP contribution is 2.39. The molecule has 2 N–H and O–H groups in total. The maximum atomic E-state index is 12.8. The number of nitrogen functional groups attached to an aromatic ring is 1. The average Bonchev–Trinajstić information content (AvgIpc) is 3.47. The molecular weight excluding hydrogens is 561 g/mol. The van der Waals surface area contributed by atoms with Crippen molar-refractivity contribution in [2.45, 2.75) is 25.0 Å². The molecule has 0 aliphatic heterocycles. The highest BCUT2D eigenvalue weighted by Gasteiger charge is 2.39. The lowest BCUT2D eigenvalue weighted by molar-refractivity contribution is 0.00477. The van der Waals surface area contributed by atoms with Crippen molar-refractivity contribution in [1.29, 1.82) is 0 Å². The number of esters is 2. The SMILES string of the molecule is Nc1nc(I)c2ncn(C3CC(COC(=O)c4ccccc4)C(OC(=O)c4ccccc4)C3)c2n1. The molecule has 1 fully saturated rings. The fraction of sp³-hybridized carbons (Fsp3) is 0.240. The van der Waals surface area contributed by atoms with Crippen molar-refractivity contribution in [2.24, 2.45) is 5.92 Å². The first kappa shape index (κ1) is 23.2. The summed E-state index contributed by atoms with van der Waals surface area (Å²) < 4.78 is 14.1. The number of hydrogen-bond acceptors (Lipinski definition) is 8. The molecule has 1 saturated carbocycles. The van der Waals surface area contributed by atoms with Crippen LogP contribution in [0.5, 0.6) is 0 Å². The van der Waals surface area contributed by atoms with Gasteiger partial charge in [0.05, 0.1) is 24.1 Å². The molecule has 3 atom stereocenters. The van der Waals surface area contributed by atoms with Crippen LogP contribution in [0.2, 0.25) is 0 Å². The van der Waals surface area contributed by atoms with Gasteiger partial charge in [0.1, 0.15) is 15.3 Å². The summed E-state index contributed by atoms with van der Waals surface area (Å²) in [5, 5.41) is 0. The number of nitrogens with two attached hydrogens (primary N) is 1. The molecule has 2 aromatic heterocycles. The van der Waals surface area contributed by atoms with E-state index in [-0.39, 0.29) is 24.5 Å². The molecule has 3 unspecified atom stereocenters. The summed E-state index contributed by atoms with van der Waals surface area (Å²) in [6, 6.07) is 17.6. The van der Waals surface area contributed by atoms with Crippen molar-refractivity contribution in [1.82, 2.24) is 19.5 Å². The fourth-order valence-corrected chi connectivity index (χ4v) is 5.02. The number of rotatable bonds is 6. The summed E-state index contributed by atoms with van der Waals surface area (Å²) >= 11 is 2.08. The summed E-state index contributed by atoms with van der Waals surface area (Å²) in [4.78, 5) is 38.4. The molecule has 0 saturated heterocycles. The highest BCUT2D eigenvalue weighted by atomic mass is 127. The van der Waals surface area contributed by atoms with Gasteiger partial charge < -0.3 is 19.8 Å². The Morgan fingerprint density at radius 2 is 1.63 bits per heavy atom. The summed E-state index contributed by atoms with van der Waals surface area (Å²) in [6.07, 6.45) is 2.39. The van der Waals surface area contributed by atoms with Gasteiger partial charge in [0.15, 0.2) is 5.65 Å². The number of hydrogen-bond donors (Lipinski definition) is 1. The van der Waals surface area contributed by atoms with E-state index in [0.717, 1.165) is 0 Å². The van der Waals surface area contributed by atoms with E-state index in [2.05, 4.69) is 37.5 Å². The van der Waals surface area contributed by atoms with Gasteiger partial charge in [-0.25, -0.2) is 19.6 Å². The Bertz CT molecular complexity index is 1360. The lowest BCUT2D eigenvalue weighted by Crippen LogP contribution is -2.26. The van der Waals surface area contributed by atoms with Crippen LogP contribution >= 0.6 is 22.6 Å². The molecule has 1 aliphatic carbocycles. The van der Waals surface area contributed by atoms with Crippen molar-refractivity contribution >= 4 is 51.6 Å². The molecule has 0 amide bonds. The maximum Gasteiger partial charge on any atom is 0.338 e. The van der Waals surface area contributed by atoms with Crippen LogP contribution in [0.3, 0.4) is 0 Å². The van der Waals surface area contributed by atoms with Crippen molar-refractivity contribution in [2.75, 3.05) is 12.3 Å². The monoisotopic (exact) mass is 583 g/mol. The van der Waals surface area contributed by atoms with Crippen LogP contribution in [-0.2, 0) is 9.47 Å². The molecule has 0 spiro atoms. The van der Waals surface area contributed by atoms with E-state index in [1.54, 1.807) is 54.9 Å². The minimum absolute atomic E-state index is 0.0703. The normalized spacial score (nSPS) is 19.5. The van der Waals surface area contributed by atoms with E-state index >= 15 is 0 Å². The first-order valence-corrected chi connectivity index (χ1v) is 12.2. The first-order valence-electron chi connectivity index (χ1n) is 11.1. The molecule has 0 radical (unpaired) electrons.